The second-order valence-electron chi connectivity index (χ2n) is 6.71. The molecule has 0 aliphatic rings. The molecule has 4 aromatic rings. The van der Waals surface area contributed by atoms with Gasteiger partial charge < -0.3 is 11.1 Å². The molecule has 148 valence electrons. The Morgan fingerprint density at radius 1 is 0.967 bits per heavy atom. The van der Waals surface area contributed by atoms with Crippen molar-refractivity contribution in [2.24, 2.45) is 5.73 Å². The first-order valence-corrected chi connectivity index (χ1v) is 9.79. The largest absolute Gasteiger partial charge is 0.366 e. The average Bonchev–Trinajstić information content (AvgIpc) is 2.79. The number of nitrogens with one attached hydrogen (secondary N) is 1. The van der Waals surface area contributed by atoms with Crippen LogP contribution in [0.1, 0.15) is 15.9 Å². The van der Waals surface area contributed by atoms with Gasteiger partial charge >= 0.3 is 0 Å². The molecule has 30 heavy (non-hydrogen) atoms. The van der Waals surface area contributed by atoms with E-state index in [9.17, 15) is 4.79 Å². The Labute approximate surface area is 179 Å². The lowest BCUT2D eigenvalue weighted by molar-refractivity contribution is 0.100. The van der Waals surface area contributed by atoms with Crippen LogP contribution in [0.4, 0.5) is 5.82 Å². The monoisotopic (exact) mass is 414 g/mol. The normalized spacial score (nSPS) is 10.6. The van der Waals surface area contributed by atoms with Crippen LogP contribution in [0.3, 0.4) is 0 Å². The summed E-state index contributed by atoms with van der Waals surface area (Å²) < 4.78 is 0. The van der Waals surface area contributed by atoms with Crippen LogP contribution < -0.4 is 11.1 Å². The van der Waals surface area contributed by atoms with Crippen molar-refractivity contribution in [3.8, 4) is 22.5 Å². The molecule has 1 amide bonds. The number of aromatic nitrogens is 2. The molecular formula is C24H19ClN4O. The third-order valence-electron chi connectivity index (χ3n) is 4.66. The van der Waals surface area contributed by atoms with Gasteiger partial charge in [-0.1, -0.05) is 54.1 Å². The summed E-state index contributed by atoms with van der Waals surface area (Å²) in [7, 11) is 0. The molecule has 5 nitrogen and oxygen atoms in total. The molecule has 0 saturated carbocycles. The summed E-state index contributed by atoms with van der Waals surface area (Å²) in [5.74, 6) is 0.106. The fourth-order valence-electron chi connectivity index (χ4n) is 3.16. The fraction of sp³-hybridized carbons (Fsp3) is 0.0417. The molecule has 0 radical (unpaired) electrons. The maximum atomic E-state index is 12.0. The van der Waals surface area contributed by atoms with Crippen LogP contribution in [0.15, 0.2) is 85.1 Å². The van der Waals surface area contributed by atoms with Gasteiger partial charge in [-0.2, -0.15) is 0 Å². The third-order valence-corrected chi connectivity index (χ3v) is 4.99. The summed E-state index contributed by atoms with van der Waals surface area (Å²) in [6, 6.07) is 24.5. The van der Waals surface area contributed by atoms with E-state index >= 15 is 0 Å². The molecule has 0 bridgehead atoms. The molecule has 2 aromatic carbocycles. The predicted octanol–water partition coefficient (Wildman–Crippen LogP) is 5.18. The van der Waals surface area contributed by atoms with E-state index < -0.39 is 5.91 Å². The van der Waals surface area contributed by atoms with Crippen LogP contribution in [-0.4, -0.2) is 15.9 Å². The lowest BCUT2D eigenvalue weighted by Gasteiger charge is -2.12. The lowest BCUT2D eigenvalue weighted by atomic mass is 10.0. The minimum absolute atomic E-state index is 0.342. The Kier molecular flexibility index (Phi) is 5.72. The summed E-state index contributed by atoms with van der Waals surface area (Å²) in [5, 5.41) is 3.86. The first-order valence-electron chi connectivity index (χ1n) is 9.42. The van der Waals surface area contributed by atoms with Gasteiger partial charge in [0, 0.05) is 23.9 Å². The van der Waals surface area contributed by atoms with Crippen LogP contribution in [0.5, 0.6) is 0 Å². The Bertz CT molecular complexity index is 1180. The zero-order chi connectivity index (χ0) is 20.9. The van der Waals surface area contributed by atoms with Gasteiger partial charge in [-0.3, -0.25) is 9.78 Å². The number of halogens is 1. The molecule has 0 spiro atoms. The highest BCUT2D eigenvalue weighted by Gasteiger charge is 2.15. The number of nitrogens with two attached hydrogens (primary N) is 1. The Hall–Kier alpha value is -3.70. The van der Waals surface area contributed by atoms with Crippen molar-refractivity contribution in [2.45, 2.75) is 6.54 Å². The van der Waals surface area contributed by atoms with Gasteiger partial charge in [0.2, 0.25) is 0 Å². The number of carbonyl (C=O) groups is 1. The Morgan fingerprint density at radius 3 is 2.50 bits per heavy atom. The summed E-state index contributed by atoms with van der Waals surface area (Å²) in [4.78, 5) is 21.1. The van der Waals surface area contributed by atoms with Gasteiger partial charge in [0.15, 0.2) is 0 Å². The van der Waals surface area contributed by atoms with Crippen LogP contribution >= 0.6 is 11.6 Å². The van der Waals surface area contributed by atoms with Crippen molar-refractivity contribution in [3.63, 3.8) is 0 Å². The van der Waals surface area contributed by atoms with Crippen molar-refractivity contribution < 1.29 is 4.79 Å². The zero-order valence-corrected chi connectivity index (χ0v) is 16.8. The van der Waals surface area contributed by atoms with E-state index in [0.717, 1.165) is 22.4 Å². The predicted molar refractivity (Wildman–Crippen MR) is 120 cm³/mol. The topological polar surface area (TPSA) is 80.9 Å². The average molecular weight is 415 g/mol. The first-order chi connectivity index (χ1) is 14.6. The number of nitrogens with zero attached hydrogens (tertiary/aromatic N) is 2. The highest BCUT2D eigenvalue weighted by molar-refractivity contribution is 6.33. The molecule has 0 unspecified atom stereocenters. The first kappa shape index (κ1) is 19.6. The van der Waals surface area contributed by atoms with Crippen LogP contribution in [-0.2, 0) is 6.54 Å². The number of hydrogen-bond acceptors (Lipinski definition) is 4. The van der Waals surface area contributed by atoms with E-state index in [4.69, 9.17) is 17.3 Å². The smallest absolute Gasteiger partial charge is 0.250 e. The molecule has 0 atom stereocenters. The summed E-state index contributed by atoms with van der Waals surface area (Å²) in [5.41, 5.74) is 9.81. The molecule has 2 heterocycles. The van der Waals surface area contributed by atoms with Gasteiger partial charge in [-0.15, -0.1) is 0 Å². The zero-order valence-electron chi connectivity index (χ0n) is 16.0. The fourth-order valence-corrected chi connectivity index (χ4v) is 3.37. The van der Waals surface area contributed by atoms with Gasteiger partial charge in [-0.05, 0) is 42.0 Å². The highest BCUT2D eigenvalue weighted by Crippen LogP contribution is 2.32. The molecule has 6 heteroatoms. The van der Waals surface area contributed by atoms with Crippen molar-refractivity contribution in [1.82, 2.24) is 9.97 Å². The molecule has 0 fully saturated rings. The maximum absolute atomic E-state index is 12.0. The molecule has 0 saturated heterocycles. The van der Waals surface area contributed by atoms with Crippen molar-refractivity contribution in [1.29, 1.82) is 0 Å². The number of benzene rings is 2. The van der Waals surface area contributed by atoms with Crippen LogP contribution in [0.25, 0.3) is 22.5 Å². The summed E-state index contributed by atoms with van der Waals surface area (Å²) in [6.07, 6.45) is 1.71. The summed E-state index contributed by atoms with van der Waals surface area (Å²) in [6.45, 7) is 0.614. The number of rotatable bonds is 6. The number of amides is 1. The van der Waals surface area contributed by atoms with Crippen molar-refractivity contribution in [2.75, 3.05) is 5.32 Å². The lowest BCUT2D eigenvalue weighted by Crippen LogP contribution is -2.14. The van der Waals surface area contributed by atoms with Crippen LogP contribution in [0.2, 0.25) is 5.02 Å². The highest BCUT2D eigenvalue weighted by atomic mass is 35.5. The van der Waals surface area contributed by atoms with E-state index in [0.29, 0.717) is 28.6 Å². The number of anilines is 1. The molecular weight excluding hydrogens is 396 g/mol. The van der Waals surface area contributed by atoms with Gasteiger partial charge in [0.25, 0.3) is 5.91 Å². The maximum Gasteiger partial charge on any atom is 0.250 e. The number of primary amides is 1. The minimum atomic E-state index is -0.540. The number of hydrogen-bond donors (Lipinski definition) is 2. The molecule has 3 N–H and O–H groups in total. The van der Waals surface area contributed by atoms with Crippen molar-refractivity contribution >= 4 is 23.3 Å². The van der Waals surface area contributed by atoms with E-state index in [1.165, 1.54) is 0 Å². The van der Waals surface area contributed by atoms with Crippen molar-refractivity contribution in [3.05, 3.63) is 101 Å². The molecule has 0 aliphatic heterocycles. The summed E-state index contributed by atoms with van der Waals surface area (Å²) >= 11 is 6.40. The van der Waals surface area contributed by atoms with E-state index in [1.54, 1.807) is 24.4 Å². The molecule has 2 aromatic heterocycles. The SMILES string of the molecule is NC(=O)c1ccc(NCc2ccccc2)nc1-c1ccc(Cl)c(-c2ccccn2)c1. The van der Waals surface area contributed by atoms with E-state index in [1.807, 2.05) is 60.7 Å². The van der Waals surface area contributed by atoms with Gasteiger partial charge in [-0.25, -0.2) is 4.98 Å². The molecule has 4 rings (SSSR count). The quantitative estimate of drug-likeness (QED) is 0.455. The van der Waals surface area contributed by atoms with Gasteiger partial charge in [0.1, 0.15) is 5.82 Å². The third kappa shape index (κ3) is 4.31. The van der Waals surface area contributed by atoms with E-state index in [-0.39, 0.29) is 0 Å². The second-order valence-corrected chi connectivity index (χ2v) is 7.11. The Balaban J connectivity index is 1.72. The van der Waals surface area contributed by atoms with E-state index in [2.05, 4.69) is 15.3 Å². The Morgan fingerprint density at radius 2 is 1.77 bits per heavy atom. The van der Waals surface area contributed by atoms with Gasteiger partial charge in [0.05, 0.1) is 22.0 Å². The number of pyridine rings is 2. The second kappa shape index (κ2) is 8.76. The number of carbonyl (C=O) groups excluding carboxylic acids is 1. The minimum Gasteiger partial charge on any atom is -0.366 e. The standard InChI is InChI=1S/C24H19ClN4O/c25-20-11-9-17(14-19(20)21-8-4-5-13-27-21)23-18(24(26)30)10-12-22(29-23)28-15-16-6-2-1-3-7-16/h1-14H,15H2,(H2,26,30)(H,28,29). The molecule has 0 aliphatic carbocycles. The van der Waals surface area contributed by atoms with Crippen LogP contribution in [0, 0.1) is 0 Å².